The molecule has 1 saturated heterocycles. The van der Waals surface area contributed by atoms with E-state index in [1.807, 2.05) is 49.4 Å². The molecule has 0 radical (unpaired) electrons. The number of rotatable bonds is 11. The molecule has 262 valence electrons. The molecule has 2 aliphatic rings. The van der Waals surface area contributed by atoms with Crippen LogP contribution in [0.3, 0.4) is 0 Å². The van der Waals surface area contributed by atoms with Crippen molar-refractivity contribution in [2.24, 2.45) is 0 Å². The van der Waals surface area contributed by atoms with Crippen LogP contribution in [0.15, 0.2) is 97.2 Å². The lowest BCUT2D eigenvalue weighted by atomic mass is 9.87. The highest BCUT2D eigenvalue weighted by atomic mass is 19.4. The minimum absolute atomic E-state index is 0.0928. The first-order valence-electron chi connectivity index (χ1n) is 17.0. The van der Waals surface area contributed by atoms with E-state index in [4.69, 9.17) is 14.2 Å². The summed E-state index contributed by atoms with van der Waals surface area (Å²) in [5.74, 6) is 1.45. The SMILES string of the molecule is CCC1(c2ccc3c(c2)OCCO3)NC(=O)N(CCCCOc2ccc(-c3c(Cc4ccccc4)cnc4c(C(F)(F)F)cccc34)cc2)C1=O. The molecule has 0 saturated carbocycles. The number of urea groups is 1. The van der Waals surface area contributed by atoms with Gasteiger partial charge in [-0.25, -0.2) is 4.79 Å². The summed E-state index contributed by atoms with van der Waals surface area (Å²) in [5.41, 5.74) is 1.86. The van der Waals surface area contributed by atoms with Crippen LogP contribution in [0.1, 0.15) is 48.4 Å². The van der Waals surface area contributed by atoms with E-state index >= 15 is 0 Å². The van der Waals surface area contributed by atoms with Crippen molar-refractivity contribution in [3.05, 3.63) is 119 Å². The van der Waals surface area contributed by atoms with Crippen LogP contribution in [-0.4, -0.2) is 48.2 Å². The van der Waals surface area contributed by atoms with Gasteiger partial charge in [0.15, 0.2) is 11.5 Å². The van der Waals surface area contributed by atoms with Crippen LogP contribution >= 0.6 is 0 Å². The molecule has 1 fully saturated rings. The fourth-order valence-corrected chi connectivity index (χ4v) is 6.84. The number of aromatic nitrogens is 1. The fraction of sp³-hybridized carbons (Fsp3) is 0.275. The van der Waals surface area contributed by atoms with E-state index in [2.05, 4.69) is 10.3 Å². The molecule has 0 bridgehead atoms. The van der Waals surface area contributed by atoms with Gasteiger partial charge in [0.25, 0.3) is 5.91 Å². The number of para-hydroxylation sites is 1. The van der Waals surface area contributed by atoms with E-state index in [0.717, 1.165) is 22.8 Å². The lowest BCUT2D eigenvalue weighted by Gasteiger charge is -2.27. The molecule has 0 spiro atoms. The number of hydrogen-bond donors (Lipinski definition) is 1. The van der Waals surface area contributed by atoms with Crippen molar-refractivity contribution in [2.75, 3.05) is 26.4 Å². The van der Waals surface area contributed by atoms with Crippen LogP contribution in [0.25, 0.3) is 22.0 Å². The first-order valence-corrected chi connectivity index (χ1v) is 17.0. The van der Waals surface area contributed by atoms with E-state index in [1.165, 1.54) is 17.2 Å². The summed E-state index contributed by atoms with van der Waals surface area (Å²) in [5, 5.41) is 3.34. The molecule has 51 heavy (non-hydrogen) atoms. The molecular formula is C40H36F3N3O5. The first-order chi connectivity index (χ1) is 24.7. The Bertz CT molecular complexity index is 2070. The zero-order valence-corrected chi connectivity index (χ0v) is 28.0. The highest BCUT2D eigenvalue weighted by molar-refractivity contribution is 6.07. The maximum atomic E-state index is 13.9. The minimum atomic E-state index is -4.54. The second kappa shape index (κ2) is 14.0. The summed E-state index contributed by atoms with van der Waals surface area (Å²) in [4.78, 5) is 32.1. The van der Waals surface area contributed by atoms with Crippen LogP contribution in [0.5, 0.6) is 17.2 Å². The number of fused-ring (bicyclic) bond motifs is 2. The number of alkyl halides is 3. The monoisotopic (exact) mass is 695 g/mol. The Morgan fingerprint density at radius 3 is 2.41 bits per heavy atom. The third kappa shape index (κ3) is 6.68. The van der Waals surface area contributed by atoms with Gasteiger partial charge in [0.2, 0.25) is 0 Å². The number of carbonyl (C=O) groups excluding carboxylic acids is 2. The number of hydrogen-bond acceptors (Lipinski definition) is 6. The van der Waals surface area contributed by atoms with Crippen molar-refractivity contribution in [1.29, 1.82) is 0 Å². The molecule has 1 aromatic heterocycles. The van der Waals surface area contributed by atoms with E-state index in [1.54, 1.807) is 36.4 Å². The Kier molecular flexibility index (Phi) is 9.29. The Morgan fingerprint density at radius 2 is 1.67 bits per heavy atom. The van der Waals surface area contributed by atoms with Crippen molar-refractivity contribution < 1.29 is 37.0 Å². The van der Waals surface area contributed by atoms with Gasteiger partial charge < -0.3 is 19.5 Å². The normalized spacial score (nSPS) is 17.1. The van der Waals surface area contributed by atoms with Crippen LogP contribution in [-0.2, 0) is 22.9 Å². The maximum absolute atomic E-state index is 13.9. The molecule has 3 amide bonds. The number of benzene rings is 4. The Labute approximate surface area is 293 Å². The molecule has 7 rings (SSSR count). The van der Waals surface area contributed by atoms with Crippen molar-refractivity contribution in [1.82, 2.24) is 15.2 Å². The van der Waals surface area contributed by atoms with Gasteiger partial charge in [0.05, 0.1) is 17.7 Å². The highest BCUT2D eigenvalue weighted by Gasteiger charge is 2.51. The molecule has 5 aromatic rings. The van der Waals surface area contributed by atoms with Crippen LogP contribution < -0.4 is 19.5 Å². The quantitative estimate of drug-likeness (QED) is 0.111. The first kappa shape index (κ1) is 33.9. The molecular weight excluding hydrogens is 659 g/mol. The largest absolute Gasteiger partial charge is 0.494 e. The second-order valence-corrected chi connectivity index (χ2v) is 12.6. The number of ether oxygens (including phenoxy) is 3. The predicted molar refractivity (Wildman–Crippen MR) is 186 cm³/mol. The van der Waals surface area contributed by atoms with Gasteiger partial charge in [-0.1, -0.05) is 67.6 Å². The average Bonchev–Trinajstić information content (AvgIpc) is 3.39. The molecule has 1 N–H and O–H groups in total. The van der Waals surface area contributed by atoms with Crippen molar-refractivity contribution >= 4 is 22.8 Å². The summed E-state index contributed by atoms with van der Waals surface area (Å²) < 4.78 is 59.1. The zero-order valence-electron chi connectivity index (χ0n) is 28.0. The van der Waals surface area contributed by atoms with Gasteiger partial charge in [-0.2, -0.15) is 13.2 Å². The Balaban J connectivity index is 1.02. The Hall–Kier alpha value is -5.58. The molecule has 4 aromatic carbocycles. The summed E-state index contributed by atoms with van der Waals surface area (Å²) in [7, 11) is 0. The number of imide groups is 1. The van der Waals surface area contributed by atoms with Gasteiger partial charge in [-0.05, 0) is 83.8 Å². The van der Waals surface area contributed by atoms with Crippen molar-refractivity contribution in [3.8, 4) is 28.4 Å². The average molecular weight is 696 g/mol. The number of amides is 3. The number of unbranched alkanes of at least 4 members (excludes halogenated alkanes) is 1. The van der Waals surface area contributed by atoms with Gasteiger partial charge in [0.1, 0.15) is 24.5 Å². The molecule has 11 heteroatoms. The zero-order chi connectivity index (χ0) is 35.6. The number of nitrogens with one attached hydrogen (secondary N) is 1. The van der Waals surface area contributed by atoms with Crippen molar-refractivity contribution in [3.63, 3.8) is 0 Å². The molecule has 2 aliphatic heterocycles. The number of halogens is 3. The van der Waals surface area contributed by atoms with Gasteiger partial charge in [-0.3, -0.25) is 14.7 Å². The van der Waals surface area contributed by atoms with E-state index in [9.17, 15) is 22.8 Å². The summed E-state index contributed by atoms with van der Waals surface area (Å²) >= 11 is 0. The van der Waals surface area contributed by atoms with E-state index in [0.29, 0.717) is 79.3 Å². The third-order valence-electron chi connectivity index (χ3n) is 9.45. The summed E-state index contributed by atoms with van der Waals surface area (Å²) in [6.45, 7) is 3.31. The topological polar surface area (TPSA) is 90.0 Å². The molecule has 8 nitrogen and oxygen atoms in total. The fourth-order valence-electron chi connectivity index (χ4n) is 6.84. The van der Waals surface area contributed by atoms with E-state index in [-0.39, 0.29) is 18.0 Å². The molecule has 1 unspecified atom stereocenters. The lowest BCUT2D eigenvalue weighted by Crippen LogP contribution is -2.43. The van der Waals surface area contributed by atoms with Crippen LogP contribution in [0, 0.1) is 0 Å². The number of pyridine rings is 1. The van der Waals surface area contributed by atoms with Crippen molar-refractivity contribution in [2.45, 2.75) is 44.3 Å². The smallest absolute Gasteiger partial charge is 0.418 e. The summed E-state index contributed by atoms with van der Waals surface area (Å²) in [6.07, 6.45) is -1.01. The highest BCUT2D eigenvalue weighted by Crippen LogP contribution is 2.40. The molecule has 0 aliphatic carbocycles. The standard InChI is InChI=1S/C40H36F3N3O5/c1-2-39(29-15-18-33-34(24-29)51-22-21-50-33)37(47)46(38(48)45-39)19-6-7-20-49-30-16-13-27(14-17-30)35-28(23-26-9-4-3-5-10-26)25-44-36-31(35)11-8-12-32(36)40(41,42)43/h3-5,8-18,24-25H,2,6-7,19-23H2,1H3,(H,45,48). The number of nitrogens with zero attached hydrogens (tertiary/aromatic N) is 2. The minimum Gasteiger partial charge on any atom is -0.494 e. The Morgan fingerprint density at radius 1 is 0.902 bits per heavy atom. The lowest BCUT2D eigenvalue weighted by molar-refractivity contribution is -0.136. The predicted octanol–water partition coefficient (Wildman–Crippen LogP) is 8.30. The van der Waals surface area contributed by atoms with Crippen LogP contribution in [0.2, 0.25) is 0 Å². The van der Waals surface area contributed by atoms with E-state index < -0.39 is 23.3 Å². The summed E-state index contributed by atoms with van der Waals surface area (Å²) in [6, 6.07) is 26.0. The van der Waals surface area contributed by atoms with Gasteiger partial charge >= 0.3 is 12.2 Å². The van der Waals surface area contributed by atoms with Gasteiger partial charge in [0, 0.05) is 18.1 Å². The molecule has 3 heterocycles. The third-order valence-corrected chi connectivity index (χ3v) is 9.45. The number of carbonyl (C=O) groups is 2. The van der Waals surface area contributed by atoms with Crippen LogP contribution in [0.4, 0.5) is 18.0 Å². The second-order valence-electron chi connectivity index (χ2n) is 12.6. The molecule has 1 atom stereocenters. The van der Waals surface area contributed by atoms with Gasteiger partial charge in [-0.15, -0.1) is 0 Å². The maximum Gasteiger partial charge on any atom is 0.418 e.